The second-order valence-corrected chi connectivity index (χ2v) is 4.21. The number of carbonyl (C=O) groups is 1. The summed E-state index contributed by atoms with van der Waals surface area (Å²) in [6.45, 7) is 2.17. The molecule has 3 nitrogen and oxygen atoms in total. The molecular weight excluding hydrogens is 234 g/mol. The summed E-state index contributed by atoms with van der Waals surface area (Å²) in [7, 11) is 0. The number of nitrogen functional groups attached to an aromatic ring is 1. The fourth-order valence-electron chi connectivity index (χ4n) is 0.973. The maximum absolute atomic E-state index is 11.1. The molecule has 2 N–H and O–H groups in total. The van der Waals surface area contributed by atoms with E-state index in [9.17, 15) is 4.79 Å². The van der Waals surface area contributed by atoms with E-state index in [0.29, 0.717) is 17.3 Å². The fourth-order valence-corrected chi connectivity index (χ4v) is 2.04. The van der Waals surface area contributed by atoms with Crippen molar-refractivity contribution in [2.24, 2.45) is 0 Å². The van der Waals surface area contributed by atoms with Gasteiger partial charge in [-0.3, -0.25) is 4.79 Å². The molecule has 0 saturated carbocycles. The molecule has 0 aromatic heterocycles. The minimum Gasteiger partial charge on any atom is -0.465 e. The Balaban J connectivity index is 2.54. The van der Waals surface area contributed by atoms with E-state index in [0.717, 1.165) is 4.90 Å². The lowest BCUT2D eigenvalue weighted by Gasteiger charge is -2.04. The number of anilines is 1. The molecule has 82 valence electrons. The van der Waals surface area contributed by atoms with Gasteiger partial charge in [-0.2, -0.15) is 0 Å². The lowest BCUT2D eigenvalue weighted by atomic mass is 10.3. The van der Waals surface area contributed by atoms with Crippen molar-refractivity contribution < 1.29 is 9.53 Å². The predicted molar refractivity (Wildman–Crippen MR) is 63.2 cm³/mol. The van der Waals surface area contributed by atoms with Gasteiger partial charge in [0.05, 0.1) is 17.4 Å². The number of nitrogens with two attached hydrogens (primary N) is 1. The minimum atomic E-state index is -0.240. The highest BCUT2D eigenvalue weighted by Gasteiger charge is 2.06. The molecule has 0 fully saturated rings. The summed E-state index contributed by atoms with van der Waals surface area (Å²) < 4.78 is 4.80. The molecule has 0 aliphatic rings. The average molecular weight is 246 g/mol. The van der Waals surface area contributed by atoms with Crippen molar-refractivity contribution in [1.82, 2.24) is 0 Å². The molecule has 0 heterocycles. The third-order valence-corrected chi connectivity index (χ3v) is 3.08. The summed E-state index contributed by atoms with van der Waals surface area (Å²) in [4.78, 5) is 11.9. The SMILES string of the molecule is CCOC(=O)CSc1ccc(N)cc1Cl. The van der Waals surface area contributed by atoms with Crippen LogP contribution in [0.15, 0.2) is 23.1 Å². The van der Waals surface area contributed by atoms with Crippen molar-refractivity contribution in [3.05, 3.63) is 23.2 Å². The molecule has 0 atom stereocenters. The first-order valence-corrected chi connectivity index (χ1v) is 5.83. The number of halogens is 1. The van der Waals surface area contributed by atoms with Gasteiger partial charge >= 0.3 is 5.97 Å². The van der Waals surface area contributed by atoms with Gasteiger partial charge in [0.15, 0.2) is 0 Å². The summed E-state index contributed by atoms with van der Waals surface area (Å²) in [5.74, 6) is 0.0210. The topological polar surface area (TPSA) is 52.3 Å². The number of ether oxygens (including phenoxy) is 1. The Hall–Kier alpha value is -0.870. The van der Waals surface area contributed by atoms with Crippen molar-refractivity contribution in [2.75, 3.05) is 18.1 Å². The first-order valence-electron chi connectivity index (χ1n) is 4.47. The average Bonchev–Trinajstić information content (AvgIpc) is 2.17. The molecule has 0 spiro atoms. The van der Waals surface area contributed by atoms with E-state index in [1.54, 1.807) is 25.1 Å². The minimum absolute atomic E-state index is 0.240. The number of carbonyl (C=O) groups excluding carboxylic acids is 1. The second kappa shape index (κ2) is 5.88. The van der Waals surface area contributed by atoms with Crippen LogP contribution >= 0.6 is 23.4 Å². The first-order chi connectivity index (χ1) is 7.13. The highest BCUT2D eigenvalue weighted by Crippen LogP contribution is 2.28. The largest absolute Gasteiger partial charge is 0.465 e. The summed E-state index contributed by atoms with van der Waals surface area (Å²) in [5.41, 5.74) is 6.16. The zero-order valence-corrected chi connectivity index (χ0v) is 9.90. The van der Waals surface area contributed by atoms with Gasteiger partial charge in [-0.25, -0.2) is 0 Å². The Bertz CT molecular complexity index is 357. The Morgan fingerprint density at radius 2 is 2.33 bits per heavy atom. The maximum Gasteiger partial charge on any atom is 0.316 e. The van der Waals surface area contributed by atoms with Crippen LogP contribution in [0.2, 0.25) is 5.02 Å². The number of hydrogen-bond acceptors (Lipinski definition) is 4. The number of esters is 1. The summed E-state index contributed by atoms with van der Waals surface area (Å²) >= 11 is 7.28. The summed E-state index contributed by atoms with van der Waals surface area (Å²) in [6.07, 6.45) is 0. The normalized spacial score (nSPS) is 10.0. The van der Waals surface area contributed by atoms with Gasteiger partial charge in [0.1, 0.15) is 0 Å². The monoisotopic (exact) mass is 245 g/mol. The Morgan fingerprint density at radius 3 is 2.93 bits per heavy atom. The van der Waals surface area contributed by atoms with E-state index in [1.165, 1.54) is 11.8 Å². The molecule has 0 bridgehead atoms. The van der Waals surface area contributed by atoms with Crippen molar-refractivity contribution in [1.29, 1.82) is 0 Å². The van der Waals surface area contributed by atoms with Gasteiger partial charge in [-0.05, 0) is 25.1 Å². The number of rotatable bonds is 4. The van der Waals surface area contributed by atoms with Crippen LogP contribution in [0, 0.1) is 0 Å². The molecule has 0 unspecified atom stereocenters. The fraction of sp³-hybridized carbons (Fsp3) is 0.300. The molecule has 1 aromatic carbocycles. The molecule has 0 aliphatic carbocycles. The van der Waals surface area contributed by atoms with Crippen molar-refractivity contribution in [3.63, 3.8) is 0 Å². The lowest BCUT2D eigenvalue weighted by molar-refractivity contribution is -0.139. The number of hydrogen-bond donors (Lipinski definition) is 1. The van der Waals surface area contributed by atoms with Crippen molar-refractivity contribution >= 4 is 35.0 Å². The number of benzene rings is 1. The molecule has 0 saturated heterocycles. The van der Waals surface area contributed by atoms with Crippen LogP contribution in [-0.2, 0) is 9.53 Å². The third-order valence-electron chi connectivity index (χ3n) is 1.61. The predicted octanol–water partition coefficient (Wildman–Crippen LogP) is 2.58. The molecule has 1 rings (SSSR count). The molecule has 1 aromatic rings. The highest BCUT2D eigenvalue weighted by atomic mass is 35.5. The first kappa shape index (κ1) is 12.2. The molecule has 5 heteroatoms. The third kappa shape index (κ3) is 4.01. The van der Waals surface area contributed by atoms with Crippen LogP contribution in [0.5, 0.6) is 0 Å². The van der Waals surface area contributed by atoms with Crippen LogP contribution in [0.3, 0.4) is 0 Å². The van der Waals surface area contributed by atoms with Crippen molar-refractivity contribution in [3.8, 4) is 0 Å². The standard InChI is InChI=1S/C10H12ClNO2S/c1-2-14-10(13)6-15-9-4-3-7(12)5-8(9)11/h3-5H,2,6,12H2,1H3. The molecular formula is C10H12ClNO2S. The lowest BCUT2D eigenvalue weighted by Crippen LogP contribution is -2.06. The van der Waals surface area contributed by atoms with Crippen LogP contribution in [0.25, 0.3) is 0 Å². The van der Waals surface area contributed by atoms with E-state index in [1.807, 2.05) is 0 Å². The van der Waals surface area contributed by atoms with Gasteiger partial charge in [-0.15, -0.1) is 11.8 Å². The molecule has 0 radical (unpaired) electrons. The van der Waals surface area contributed by atoms with Gasteiger partial charge in [0, 0.05) is 10.6 Å². The quantitative estimate of drug-likeness (QED) is 0.503. The van der Waals surface area contributed by atoms with E-state index in [4.69, 9.17) is 22.1 Å². The summed E-state index contributed by atoms with van der Waals surface area (Å²) in [6, 6.07) is 5.20. The number of thioether (sulfide) groups is 1. The van der Waals surface area contributed by atoms with Crippen LogP contribution in [0.1, 0.15) is 6.92 Å². The highest BCUT2D eigenvalue weighted by molar-refractivity contribution is 8.00. The zero-order chi connectivity index (χ0) is 11.3. The molecule has 15 heavy (non-hydrogen) atoms. The summed E-state index contributed by atoms with van der Waals surface area (Å²) in [5, 5.41) is 0.560. The van der Waals surface area contributed by atoms with E-state index in [-0.39, 0.29) is 11.7 Å². The van der Waals surface area contributed by atoms with Gasteiger partial charge in [-0.1, -0.05) is 11.6 Å². The second-order valence-electron chi connectivity index (χ2n) is 2.78. The maximum atomic E-state index is 11.1. The van der Waals surface area contributed by atoms with Gasteiger partial charge in [0.2, 0.25) is 0 Å². The van der Waals surface area contributed by atoms with E-state index >= 15 is 0 Å². The van der Waals surface area contributed by atoms with E-state index in [2.05, 4.69) is 0 Å². The Kier molecular flexibility index (Phi) is 4.78. The van der Waals surface area contributed by atoms with Gasteiger partial charge in [0.25, 0.3) is 0 Å². The Morgan fingerprint density at radius 1 is 1.60 bits per heavy atom. The smallest absolute Gasteiger partial charge is 0.316 e. The zero-order valence-electron chi connectivity index (χ0n) is 8.33. The van der Waals surface area contributed by atoms with Crippen LogP contribution < -0.4 is 5.73 Å². The van der Waals surface area contributed by atoms with Crippen LogP contribution in [0.4, 0.5) is 5.69 Å². The van der Waals surface area contributed by atoms with Crippen molar-refractivity contribution in [2.45, 2.75) is 11.8 Å². The van der Waals surface area contributed by atoms with Crippen LogP contribution in [-0.4, -0.2) is 18.3 Å². The molecule has 0 aliphatic heterocycles. The Labute approximate surface area is 97.9 Å². The molecule has 0 amide bonds. The van der Waals surface area contributed by atoms with E-state index < -0.39 is 0 Å². The van der Waals surface area contributed by atoms with Gasteiger partial charge < -0.3 is 10.5 Å².